The molecule has 1 saturated carbocycles. The van der Waals surface area contributed by atoms with Crippen LogP contribution in [0.1, 0.15) is 50.5 Å². The summed E-state index contributed by atoms with van der Waals surface area (Å²) in [6.45, 7) is 6.58. The van der Waals surface area contributed by atoms with Gasteiger partial charge in [0.2, 0.25) is 0 Å². The fourth-order valence-corrected chi connectivity index (χ4v) is 2.96. The number of hydrogen-bond donors (Lipinski definition) is 0. The highest BCUT2D eigenvalue weighted by molar-refractivity contribution is 6.29. The predicted molar refractivity (Wildman–Crippen MR) is 77.6 cm³/mol. The first-order valence-corrected chi connectivity index (χ1v) is 7.53. The lowest BCUT2D eigenvalue weighted by atomic mass is 9.75. The van der Waals surface area contributed by atoms with Gasteiger partial charge in [-0.2, -0.15) is 0 Å². The minimum absolute atomic E-state index is 0.0243. The van der Waals surface area contributed by atoms with Gasteiger partial charge in [-0.3, -0.25) is 0 Å². The largest absolute Gasteiger partial charge is 0.457 e. The Morgan fingerprint density at radius 3 is 2.70 bits per heavy atom. The fraction of sp³-hybridized carbons (Fsp3) is 0.667. The standard InChI is InChI=1S/C15H21ClN2O2/c1-9(2)11-5-4-10(3)6-13(11)20-15(19)12-7-18-14(16)8-17-12/h7-11,13H,4-6H2,1-3H3. The van der Waals surface area contributed by atoms with Crippen LogP contribution < -0.4 is 0 Å². The van der Waals surface area contributed by atoms with E-state index < -0.39 is 5.97 Å². The predicted octanol–water partition coefficient (Wildman–Crippen LogP) is 3.75. The molecular weight excluding hydrogens is 276 g/mol. The maximum absolute atomic E-state index is 12.1. The van der Waals surface area contributed by atoms with Crippen molar-refractivity contribution in [3.63, 3.8) is 0 Å². The Labute approximate surface area is 124 Å². The second-order valence-corrected chi connectivity index (χ2v) is 6.38. The van der Waals surface area contributed by atoms with Gasteiger partial charge in [-0.25, -0.2) is 14.8 Å². The van der Waals surface area contributed by atoms with Crippen molar-refractivity contribution in [1.82, 2.24) is 9.97 Å². The van der Waals surface area contributed by atoms with Gasteiger partial charge in [-0.05, 0) is 30.6 Å². The van der Waals surface area contributed by atoms with Gasteiger partial charge in [-0.15, -0.1) is 0 Å². The number of esters is 1. The number of carbonyl (C=O) groups is 1. The van der Waals surface area contributed by atoms with E-state index >= 15 is 0 Å². The fourth-order valence-electron chi connectivity index (χ4n) is 2.87. The van der Waals surface area contributed by atoms with Crippen LogP contribution in [0.2, 0.25) is 5.15 Å². The number of nitrogens with zero attached hydrogens (tertiary/aromatic N) is 2. The third-order valence-corrected chi connectivity index (χ3v) is 4.24. The number of hydrogen-bond acceptors (Lipinski definition) is 4. The average molecular weight is 297 g/mol. The van der Waals surface area contributed by atoms with Crippen LogP contribution in [0.4, 0.5) is 0 Å². The molecule has 0 amide bonds. The average Bonchev–Trinajstić information content (AvgIpc) is 2.39. The molecular formula is C15H21ClN2O2. The van der Waals surface area contributed by atoms with Crippen molar-refractivity contribution in [2.45, 2.75) is 46.1 Å². The van der Waals surface area contributed by atoms with E-state index in [0.29, 0.717) is 17.8 Å². The van der Waals surface area contributed by atoms with Crippen LogP contribution in [-0.4, -0.2) is 22.0 Å². The molecule has 20 heavy (non-hydrogen) atoms. The topological polar surface area (TPSA) is 52.1 Å². The summed E-state index contributed by atoms with van der Waals surface area (Å²) >= 11 is 5.67. The molecule has 1 heterocycles. The van der Waals surface area contributed by atoms with Crippen LogP contribution in [0, 0.1) is 17.8 Å². The summed E-state index contributed by atoms with van der Waals surface area (Å²) in [4.78, 5) is 20.0. The van der Waals surface area contributed by atoms with Crippen molar-refractivity contribution in [1.29, 1.82) is 0 Å². The van der Waals surface area contributed by atoms with Crippen molar-refractivity contribution in [2.75, 3.05) is 0 Å². The van der Waals surface area contributed by atoms with E-state index in [2.05, 4.69) is 30.7 Å². The van der Waals surface area contributed by atoms with Gasteiger partial charge in [0.1, 0.15) is 11.3 Å². The van der Waals surface area contributed by atoms with E-state index in [9.17, 15) is 4.79 Å². The Kier molecular flexibility index (Phi) is 4.97. The summed E-state index contributed by atoms with van der Waals surface area (Å²) < 4.78 is 5.68. The number of rotatable bonds is 3. The third kappa shape index (κ3) is 3.69. The van der Waals surface area contributed by atoms with Crippen molar-refractivity contribution in [2.24, 2.45) is 17.8 Å². The maximum Gasteiger partial charge on any atom is 0.358 e. The molecule has 0 spiro atoms. The summed E-state index contributed by atoms with van der Waals surface area (Å²) in [5, 5.41) is 0.271. The van der Waals surface area contributed by atoms with E-state index in [1.807, 2.05) is 0 Å². The highest BCUT2D eigenvalue weighted by Gasteiger charge is 2.33. The van der Waals surface area contributed by atoms with Crippen LogP contribution in [0.25, 0.3) is 0 Å². The van der Waals surface area contributed by atoms with Gasteiger partial charge < -0.3 is 4.74 Å². The first-order valence-electron chi connectivity index (χ1n) is 7.16. The van der Waals surface area contributed by atoms with Crippen LogP contribution in [0.15, 0.2) is 12.4 Å². The quantitative estimate of drug-likeness (QED) is 0.797. The maximum atomic E-state index is 12.1. The summed E-state index contributed by atoms with van der Waals surface area (Å²) in [7, 11) is 0. The number of ether oxygens (including phenoxy) is 1. The van der Waals surface area contributed by atoms with E-state index in [1.165, 1.54) is 18.8 Å². The molecule has 0 aliphatic heterocycles. The molecule has 4 nitrogen and oxygen atoms in total. The molecule has 1 aliphatic rings. The summed E-state index contributed by atoms with van der Waals surface area (Å²) in [5.74, 6) is 1.13. The third-order valence-electron chi connectivity index (χ3n) is 4.05. The van der Waals surface area contributed by atoms with Crippen molar-refractivity contribution >= 4 is 17.6 Å². The molecule has 0 radical (unpaired) electrons. The molecule has 1 aromatic heterocycles. The van der Waals surface area contributed by atoms with Crippen LogP contribution >= 0.6 is 11.6 Å². The Morgan fingerprint density at radius 2 is 2.10 bits per heavy atom. The first kappa shape index (κ1) is 15.2. The SMILES string of the molecule is CC1CCC(C(C)C)C(OC(=O)c2cnc(Cl)cn2)C1. The Morgan fingerprint density at radius 1 is 1.35 bits per heavy atom. The normalized spacial score (nSPS) is 26.6. The second-order valence-electron chi connectivity index (χ2n) is 5.99. The van der Waals surface area contributed by atoms with Crippen molar-refractivity contribution < 1.29 is 9.53 Å². The van der Waals surface area contributed by atoms with Gasteiger partial charge in [0.15, 0.2) is 5.69 Å². The van der Waals surface area contributed by atoms with E-state index in [4.69, 9.17) is 16.3 Å². The summed E-state index contributed by atoms with van der Waals surface area (Å²) in [6.07, 6.45) is 5.95. The number of aromatic nitrogens is 2. The van der Waals surface area contributed by atoms with E-state index in [1.54, 1.807) is 0 Å². The van der Waals surface area contributed by atoms with Gasteiger partial charge in [0.25, 0.3) is 0 Å². The molecule has 0 bridgehead atoms. The first-order chi connectivity index (χ1) is 9.47. The monoisotopic (exact) mass is 296 g/mol. The summed E-state index contributed by atoms with van der Waals surface area (Å²) in [5.41, 5.74) is 0.218. The summed E-state index contributed by atoms with van der Waals surface area (Å²) in [6, 6.07) is 0. The molecule has 0 saturated heterocycles. The Hall–Kier alpha value is -1.16. The van der Waals surface area contributed by atoms with Gasteiger partial charge in [-0.1, -0.05) is 38.8 Å². The molecule has 3 unspecified atom stereocenters. The molecule has 5 heteroatoms. The zero-order chi connectivity index (χ0) is 14.7. The van der Waals surface area contributed by atoms with Crippen LogP contribution in [-0.2, 0) is 4.74 Å². The van der Waals surface area contributed by atoms with Crippen molar-refractivity contribution in [3.8, 4) is 0 Å². The van der Waals surface area contributed by atoms with Crippen molar-refractivity contribution in [3.05, 3.63) is 23.2 Å². The molecule has 1 fully saturated rings. The van der Waals surface area contributed by atoms with Crippen LogP contribution in [0.5, 0.6) is 0 Å². The Bertz CT molecular complexity index is 461. The minimum Gasteiger partial charge on any atom is -0.457 e. The highest BCUT2D eigenvalue weighted by Crippen LogP contribution is 2.35. The van der Waals surface area contributed by atoms with Gasteiger partial charge in [0, 0.05) is 0 Å². The lowest BCUT2D eigenvalue weighted by Crippen LogP contribution is -2.36. The van der Waals surface area contributed by atoms with Crippen LogP contribution in [0.3, 0.4) is 0 Å². The van der Waals surface area contributed by atoms with E-state index in [0.717, 1.165) is 12.8 Å². The lowest BCUT2D eigenvalue weighted by Gasteiger charge is -2.36. The molecule has 1 aromatic rings. The molecule has 0 N–H and O–H groups in total. The van der Waals surface area contributed by atoms with Gasteiger partial charge in [0.05, 0.1) is 12.4 Å². The molecule has 0 aromatic carbocycles. The lowest BCUT2D eigenvalue weighted by molar-refractivity contribution is -0.0179. The minimum atomic E-state index is -0.404. The second kappa shape index (κ2) is 6.53. The molecule has 2 rings (SSSR count). The molecule has 3 atom stereocenters. The Balaban J connectivity index is 2.05. The number of carbonyl (C=O) groups excluding carboxylic acids is 1. The smallest absolute Gasteiger partial charge is 0.358 e. The zero-order valence-corrected chi connectivity index (χ0v) is 12.9. The molecule has 110 valence electrons. The molecule has 1 aliphatic carbocycles. The van der Waals surface area contributed by atoms with Gasteiger partial charge >= 0.3 is 5.97 Å². The van der Waals surface area contributed by atoms with E-state index in [-0.39, 0.29) is 17.0 Å². The zero-order valence-electron chi connectivity index (χ0n) is 12.2. The highest BCUT2D eigenvalue weighted by atomic mass is 35.5. The number of halogens is 1.